The number of alkyl carbamates (subject to hydrolysis) is 1. The number of ether oxygens (including phenoxy) is 1. The third-order valence-electron chi connectivity index (χ3n) is 5.90. The van der Waals surface area contributed by atoms with E-state index in [1.165, 1.54) is 0 Å². The van der Waals surface area contributed by atoms with Crippen LogP contribution in [0.1, 0.15) is 73.6 Å². The standard InChI is InChI=1S/C21H39NO4Si/c1-20(2,3)25-19(24)22-18(15-11-12-15)17(13-16(23)14-9-10-14)26-27(7,8)21(4,5)6/h14-15,17-18H,9-13H2,1-8H3,(H,22,24)/t17-,18+/m1/s1. The van der Waals surface area contributed by atoms with Crippen LogP contribution in [0.15, 0.2) is 0 Å². The van der Waals surface area contributed by atoms with Gasteiger partial charge in [0.15, 0.2) is 8.32 Å². The number of rotatable bonds is 8. The lowest BCUT2D eigenvalue weighted by Crippen LogP contribution is -2.54. The molecular formula is C21H39NO4Si. The second kappa shape index (κ2) is 7.86. The Morgan fingerprint density at radius 2 is 1.59 bits per heavy atom. The fraction of sp³-hybridized carbons (Fsp3) is 0.905. The molecule has 2 saturated carbocycles. The van der Waals surface area contributed by atoms with E-state index in [-0.39, 0.29) is 28.9 Å². The molecule has 0 unspecified atom stereocenters. The molecule has 2 aliphatic rings. The molecule has 0 aromatic rings. The van der Waals surface area contributed by atoms with E-state index in [0.717, 1.165) is 25.7 Å². The van der Waals surface area contributed by atoms with E-state index in [2.05, 4.69) is 39.2 Å². The summed E-state index contributed by atoms with van der Waals surface area (Å²) in [6.45, 7) is 16.6. The topological polar surface area (TPSA) is 64.6 Å². The average molecular weight is 398 g/mol. The van der Waals surface area contributed by atoms with Gasteiger partial charge in [0.2, 0.25) is 0 Å². The first kappa shape index (κ1) is 22.4. The van der Waals surface area contributed by atoms with Crippen molar-refractivity contribution in [3.63, 3.8) is 0 Å². The van der Waals surface area contributed by atoms with Crippen molar-refractivity contribution in [2.45, 2.75) is 110 Å². The van der Waals surface area contributed by atoms with Crippen molar-refractivity contribution < 1.29 is 18.8 Å². The molecule has 2 rings (SSSR count). The molecule has 0 radical (unpaired) electrons. The van der Waals surface area contributed by atoms with Gasteiger partial charge in [-0.1, -0.05) is 20.8 Å². The summed E-state index contributed by atoms with van der Waals surface area (Å²) in [7, 11) is -2.07. The quantitative estimate of drug-likeness (QED) is 0.582. The van der Waals surface area contributed by atoms with Crippen molar-refractivity contribution in [1.82, 2.24) is 5.32 Å². The lowest BCUT2D eigenvalue weighted by Gasteiger charge is -2.41. The van der Waals surface area contributed by atoms with Gasteiger partial charge >= 0.3 is 6.09 Å². The highest BCUT2D eigenvalue weighted by Gasteiger charge is 2.46. The molecule has 1 N–H and O–H groups in total. The molecule has 0 aromatic heterocycles. The highest BCUT2D eigenvalue weighted by atomic mass is 28.4. The van der Waals surface area contributed by atoms with Crippen LogP contribution in [-0.2, 0) is 14.0 Å². The largest absolute Gasteiger partial charge is 0.444 e. The van der Waals surface area contributed by atoms with Gasteiger partial charge in [-0.2, -0.15) is 0 Å². The van der Waals surface area contributed by atoms with E-state index in [1.54, 1.807) is 0 Å². The number of amides is 1. The molecule has 2 atom stereocenters. The number of carbonyl (C=O) groups excluding carboxylic acids is 2. The number of ketones is 1. The average Bonchev–Trinajstić information content (AvgIpc) is 3.34. The molecule has 0 aliphatic heterocycles. The third-order valence-corrected chi connectivity index (χ3v) is 10.4. The predicted molar refractivity (Wildman–Crippen MR) is 110 cm³/mol. The molecule has 6 heteroatoms. The van der Waals surface area contributed by atoms with Gasteiger partial charge in [-0.3, -0.25) is 4.79 Å². The Hall–Kier alpha value is -0.883. The number of hydrogen-bond donors (Lipinski definition) is 1. The smallest absolute Gasteiger partial charge is 0.407 e. The maximum absolute atomic E-state index is 12.6. The molecule has 2 aliphatic carbocycles. The van der Waals surface area contributed by atoms with Gasteiger partial charge < -0.3 is 14.5 Å². The summed E-state index contributed by atoms with van der Waals surface area (Å²) in [5.74, 6) is 0.867. The van der Waals surface area contributed by atoms with Crippen LogP contribution in [0.2, 0.25) is 18.1 Å². The van der Waals surface area contributed by atoms with Crippen LogP contribution in [0.4, 0.5) is 4.79 Å². The number of nitrogens with one attached hydrogen (secondary N) is 1. The molecule has 0 saturated heterocycles. The second-order valence-electron chi connectivity index (χ2n) is 10.9. The minimum Gasteiger partial charge on any atom is -0.444 e. The van der Waals surface area contributed by atoms with Crippen LogP contribution in [0.25, 0.3) is 0 Å². The predicted octanol–water partition coefficient (Wildman–Crippen LogP) is 5.05. The van der Waals surface area contributed by atoms with E-state index >= 15 is 0 Å². The summed E-state index contributed by atoms with van der Waals surface area (Å²) in [6, 6.07) is -0.156. The Balaban J connectivity index is 2.16. The Labute approximate surface area is 166 Å². The first-order valence-corrected chi connectivity index (χ1v) is 13.3. The van der Waals surface area contributed by atoms with Crippen LogP contribution in [0, 0.1) is 11.8 Å². The van der Waals surface area contributed by atoms with E-state index in [1.807, 2.05) is 20.8 Å². The Kier molecular flexibility index (Phi) is 6.52. The molecule has 5 nitrogen and oxygen atoms in total. The van der Waals surface area contributed by atoms with Gasteiger partial charge in [-0.05, 0) is 70.5 Å². The van der Waals surface area contributed by atoms with Crippen molar-refractivity contribution in [1.29, 1.82) is 0 Å². The zero-order valence-corrected chi connectivity index (χ0v) is 19.5. The maximum atomic E-state index is 12.6. The summed E-state index contributed by atoms with van der Waals surface area (Å²) in [4.78, 5) is 25.0. The number of hydrogen-bond acceptors (Lipinski definition) is 4. The van der Waals surface area contributed by atoms with Gasteiger partial charge in [0.05, 0.1) is 12.1 Å². The number of Topliss-reactive ketones (excluding diaryl/α,β-unsaturated/α-hetero) is 1. The van der Waals surface area contributed by atoms with Crippen LogP contribution >= 0.6 is 0 Å². The number of carbonyl (C=O) groups is 2. The molecule has 0 heterocycles. The van der Waals surface area contributed by atoms with E-state index < -0.39 is 20.0 Å². The summed E-state index contributed by atoms with van der Waals surface area (Å²) >= 11 is 0. The van der Waals surface area contributed by atoms with Crippen molar-refractivity contribution in [2.24, 2.45) is 11.8 Å². The zero-order chi connectivity index (χ0) is 20.6. The van der Waals surface area contributed by atoms with Gasteiger partial charge in [0.25, 0.3) is 0 Å². The van der Waals surface area contributed by atoms with Gasteiger partial charge in [-0.15, -0.1) is 0 Å². The first-order valence-electron chi connectivity index (χ1n) is 10.4. The molecule has 2 fully saturated rings. The Bertz CT molecular complexity index is 554. The first-order chi connectivity index (χ1) is 12.2. The molecule has 27 heavy (non-hydrogen) atoms. The van der Waals surface area contributed by atoms with Crippen LogP contribution in [-0.4, -0.2) is 37.9 Å². The Morgan fingerprint density at radius 1 is 1.04 bits per heavy atom. The van der Waals surface area contributed by atoms with Crippen molar-refractivity contribution in [3.05, 3.63) is 0 Å². The normalized spacial score (nSPS) is 20.7. The highest BCUT2D eigenvalue weighted by molar-refractivity contribution is 6.74. The molecule has 1 amide bonds. The van der Waals surface area contributed by atoms with Crippen LogP contribution in [0.3, 0.4) is 0 Å². The molecule has 0 bridgehead atoms. The lowest BCUT2D eigenvalue weighted by molar-refractivity contribution is -0.122. The van der Waals surface area contributed by atoms with E-state index in [0.29, 0.717) is 12.3 Å². The van der Waals surface area contributed by atoms with Gasteiger partial charge in [-0.25, -0.2) is 4.79 Å². The SMILES string of the molecule is CC(C)(C)OC(=O)N[C@@H](C1CC1)[C@@H](CC(=O)C1CC1)O[Si](C)(C)C(C)(C)C. The molecule has 0 spiro atoms. The monoisotopic (exact) mass is 397 g/mol. The van der Waals surface area contributed by atoms with Crippen molar-refractivity contribution >= 4 is 20.2 Å². The summed E-state index contributed by atoms with van der Waals surface area (Å²) < 4.78 is 12.2. The lowest BCUT2D eigenvalue weighted by atomic mass is 9.99. The summed E-state index contributed by atoms with van der Waals surface area (Å²) in [5, 5.41) is 3.11. The molecule has 0 aromatic carbocycles. The van der Waals surface area contributed by atoms with Gasteiger partial charge in [0.1, 0.15) is 11.4 Å². The fourth-order valence-electron chi connectivity index (χ4n) is 2.98. The minimum atomic E-state index is -2.07. The van der Waals surface area contributed by atoms with Gasteiger partial charge in [0, 0.05) is 12.3 Å². The van der Waals surface area contributed by atoms with Crippen molar-refractivity contribution in [3.8, 4) is 0 Å². The summed E-state index contributed by atoms with van der Waals surface area (Å²) in [5.41, 5.74) is -0.544. The zero-order valence-electron chi connectivity index (χ0n) is 18.5. The fourth-order valence-corrected chi connectivity index (χ4v) is 4.32. The maximum Gasteiger partial charge on any atom is 0.407 e. The minimum absolute atomic E-state index is 0.0495. The van der Waals surface area contributed by atoms with Crippen LogP contribution < -0.4 is 5.32 Å². The third kappa shape index (κ3) is 6.90. The van der Waals surface area contributed by atoms with E-state index in [9.17, 15) is 9.59 Å². The van der Waals surface area contributed by atoms with Crippen molar-refractivity contribution in [2.75, 3.05) is 0 Å². The second-order valence-corrected chi connectivity index (χ2v) is 15.6. The van der Waals surface area contributed by atoms with Crippen LogP contribution in [0.5, 0.6) is 0 Å². The Morgan fingerprint density at radius 3 is 2.00 bits per heavy atom. The molecular weight excluding hydrogens is 358 g/mol. The van der Waals surface area contributed by atoms with E-state index in [4.69, 9.17) is 9.16 Å². The summed E-state index contributed by atoms with van der Waals surface area (Å²) in [6.07, 6.45) is 3.85. The molecule has 156 valence electrons. The highest BCUT2D eigenvalue weighted by Crippen LogP contribution is 2.42.